The molecule has 112 valence electrons. The van der Waals surface area contributed by atoms with Crippen molar-refractivity contribution in [3.05, 3.63) is 36.8 Å². The van der Waals surface area contributed by atoms with Gasteiger partial charge in [-0.05, 0) is 12.1 Å². The molecule has 1 aliphatic heterocycles. The van der Waals surface area contributed by atoms with E-state index in [-0.39, 0.29) is 5.82 Å². The molecule has 0 aliphatic carbocycles. The zero-order valence-electron chi connectivity index (χ0n) is 11.1. The van der Waals surface area contributed by atoms with Gasteiger partial charge in [0.15, 0.2) is 11.4 Å². The number of aliphatic hydroxyl groups is 3. The zero-order valence-corrected chi connectivity index (χ0v) is 11.1. The summed E-state index contributed by atoms with van der Waals surface area (Å²) in [6.45, 7) is 3.27. The summed E-state index contributed by atoms with van der Waals surface area (Å²) in [4.78, 5) is 3.89. The molecule has 1 aliphatic rings. The SMILES string of the molecule is C=C[C@@]1(c2ccc3c(N)ncnn23)O[C@H](CO)C(O)[C@@H]1O. The van der Waals surface area contributed by atoms with Crippen LogP contribution in [-0.4, -0.2) is 54.8 Å². The third-order valence-electron chi connectivity index (χ3n) is 3.86. The lowest BCUT2D eigenvalue weighted by Crippen LogP contribution is -2.40. The van der Waals surface area contributed by atoms with Crippen molar-refractivity contribution in [3.63, 3.8) is 0 Å². The largest absolute Gasteiger partial charge is 0.394 e. The van der Waals surface area contributed by atoms with Crippen molar-refractivity contribution in [1.82, 2.24) is 14.6 Å². The second-order valence-corrected chi connectivity index (χ2v) is 4.93. The molecule has 1 unspecified atom stereocenters. The van der Waals surface area contributed by atoms with Crippen LogP contribution in [0.1, 0.15) is 5.69 Å². The highest BCUT2D eigenvalue weighted by Gasteiger charge is 2.54. The van der Waals surface area contributed by atoms with E-state index in [0.717, 1.165) is 0 Å². The van der Waals surface area contributed by atoms with E-state index in [1.54, 1.807) is 12.1 Å². The first-order valence-electron chi connectivity index (χ1n) is 6.42. The summed E-state index contributed by atoms with van der Waals surface area (Å²) in [6, 6.07) is 3.35. The molecule has 2 aromatic heterocycles. The average Bonchev–Trinajstić information content (AvgIpc) is 3.03. The lowest BCUT2D eigenvalue weighted by Gasteiger charge is -2.28. The van der Waals surface area contributed by atoms with E-state index in [2.05, 4.69) is 16.7 Å². The van der Waals surface area contributed by atoms with Gasteiger partial charge in [-0.1, -0.05) is 12.7 Å². The molecule has 8 heteroatoms. The zero-order chi connectivity index (χ0) is 15.2. The number of aromatic nitrogens is 3. The topological polar surface area (TPSA) is 126 Å². The molecule has 2 aromatic rings. The number of fused-ring (bicyclic) bond motifs is 1. The Bertz CT molecular complexity index is 688. The molecule has 0 radical (unpaired) electrons. The fourth-order valence-electron chi connectivity index (χ4n) is 2.73. The van der Waals surface area contributed by atoms with Gasteiger partial charge >= 0.3 is 0 Å². The highest BCUT2D eigenvalue weighted by molar-refractivity contribution is 5.66. The van der Waals surface area contributed by atoms with Crippen molar-refractivity contribution in [3.8, 4) is 0 Å². The molecule has 1 fully saturated rings. The standard InChI is InChI=1S/C13H16N4O4/c1-2-13(11(20)10(19)8(5-18)21-13)9-4-3-7-12(14)15-6-16-17(7)9/h2-4,6,8,10-11,18-20H,1,5H2,(H2,14,15,16)/t8-,10?,11+,13+/m1/s1. The van der Waals surface area contributed by atoms with Crippen LogP contribution in [0.2, 0.25) is 0 Å². The van der Waals surface area contributed by atoms with Crippen molar-refractivity contribution < 1.29 is 20.1 Å². The van der Waals surface area contributed by atoms with Gasteiger partial charge in [0.25, 0.3) is 0 Å². The third-order valence-corrected chi connectivity index (χ3v) is 3.86. The van der Waals surface area contributed by atoms with E-state index in [1.165, 1.54) is 16.9 Å². The average molecular weight is 292 g/mol. The summed E-state index contributed by atoms with van der Waals surface area (Å²) in [5, 5.41) is 33.7. The molecule has 1 saturated heterocycles. The number of rotatable bonds is 3. The minimum atomic E-state index is -1.39. The maximum absolute atomic E-state index is 10.4. The Hall–Kier alpha value is -2.00. The number of ether oxygens (including phenoxy) is 1. The van der Waals surface area contributed by atoms with Crippen LogP contribution in [0.15, 0.2) is 31.1 Å². The smallest absolute Gasteiger partial charge is 0.157 e. The van der Waals surface area contributed by atoms with E-state index in [4.69, 9.17) is 10.5 Å². The Labute approximate surface area is 120 Å². The van der Waals surface area contributed by atoms with Gasteiger partial charge in [0.1, 0.15) is 30.2 Å². The molecule has 3 rings (SSSR count). The van der Waals surface area contributed by atoms with Crippen LogP contribution in [0, 0.1) is 0 Å². The Morgan fingerprint density at radius 1 is 1.48 bits per heavy atom. The summed E-state index contributed by atoms with van der Waals surface area (Å²) in [7, 11) is 0. The van der Waals surface area contributed by atoms with Gasteiger partial charge in [-0.25, -0.2) is 9.50 Å². The predicted molar refractivity (Wildman–Crippen MR) is 73.2 cm³/mol. The molecule has 21 heavy (non-hydrogen) atoms. The Kier molecular flexibility index (Phi) is 3.18. The molecule has 0 spiro atoms. The fraction of sp³-hybridized carbons (Fsp3) is 0.385. The molecular weight excluding hydrogens is 276 g/mol. The van der Waals surface area contributed by atoms with E-state index < -0.39 is 30.5 Å². The molecule has 3 heterocycles. The first-order valence-corrected chi connectivity index (χ1v) is 6.42. The summed E-state index contributed by atoms with van der Waals surface area (Å²) < 4.78 is 7.15. The van der Waals surface area contributed by atoms with Gasteiger partial charge in [0, 0.05) is 0 Å². The second kappa shape index (κ2) is 4.78. The molecule has 4 atom stereocenters. The number of nitrogens with two attached hydrogens (primary N) is 1. The number of hydrogen-bond acceptors (Lipinski definition) is 7. The van der Waals surface area contributed by atoms with Crippen LogP contribution in [0.25, 0.3) is 5.52 Å². The van der Waals surface area contributed by atoms with Gasteiger partial charge < -0.3 is 25.8 Å². The lowest BCUT2D eigenvalue weighted by molar-refractivity contribution is -0.0691. The van der Waals surface area contributed by atoms with Crippen molar-refractivity contribution >= 4 is 11.3 Å². The molecular formula is C13H16N4O4. The highest BCUT2D eigenvalue weighted by atomic mass is 16.6. The highest BCUT2D eigenvalue weighted by Crippen LogP contribution is 2.41. The van der Waals surface area contributed by atoms with E-state index in [9.17, 15) is 15.3 Å². The van der Waals surface area contributed by atoms with Crippen LogP contribution in [0.5, 0.6) is 0 Å². The van der Waals surface area contributed by atoms with Crippen LogP contribution in [0.3, 0.4) is 0 Å². The van der Waals surface area contributed by atoms with Gasteiger partial charge in [-0.15, -0.1) is 0 Å². The quantitative estimate of drug-likeness (QED) is 0.524. The minimum Gasteiger partial charge on any atom is -0.394 e. The number of aliphatic hydroxyl groups excluding tert-OH is 3. The third kappa shape index (κ3) is 1.77. The number of nitrogens with zero attached hydrogens (tertiary/aromatic N) is 3. The summed E-state index contributed by atoms with van der Waals surface area (Å²) >= 11 is 0. The Morgan fingerprint density at radius 2 is 2.24 bits per heavy atom. The lowest BCUT2D eigenvalue weighted by atomic mass is 9.91. The first-order chi connectivity index (χ1) is 10.0. The number of anilines is 1. The summed E-state index contributed by atoms with van der Waals surface area (Å²) in [5.41, 5.74) is 5.38. The van der Waals surface area contributed by atoms with E-state index in [1.807, 2.05) is 0 Å². The van der Waals surface area contributed by atoms with Crippen molar-refractivity contribution in [2.45, 2.75) is 23.9 Å². The fourth-order valence-corrected chi connectivity index (χ4v) is 2.73. The monoisotopic (exact) mass is 292 g/mol. The maximum Gasteiger partial charge on any atom is 0.157 e. The molecule has 0 bridgehead atoms. The van der Waals surface area contributed by atoms with Crippen LogP contribution >= 0.6 is 0 Å². The summed E-state index contributed by atoms with van der Waals surface area (Å²) in [6.07, 6.45) is -0.775. The molecule has 8 nitrogen and oxygen atoms in total. The predicted octanol–water partition coefficient (Wildman–Crippen LogP) is -1.19. The molecule has 0 aromatic carbocycles. The van der Waals surface area contributed by atoms with E-state index in [0.29, 0.717) is 11.2 Å². The number of nitrogen functional groups attached to an aromatic ring is 1. The minimum absolute atomic E-state index is 0.280. The summed E-state index contributed by atoms with van der Waals surface area (Å²) in [5.74, 6) is 0.280. The normalized spacial score (nSPS) is 32.6. The second-order valence-electron chi connectivity index (χ2n) is 4.93. The van der Waals surface area contributed by atoms with Crippen LogP contribution in [-0.2, 0) is 10.3 Å². The van der Waals surface area contributed by atoms with Gasteiger partial charge in [-0.2, -0.15) is 5.10 Å². The van der Waals surface area contributed by atoms with E-state index >= 15 is 0 Å². The van der Waals surface area contributed by atoms with Crippen LogP contribution in [0.4, 0.5) is 5.82 Å². The van der Waals surface area contributed by atoms with Crippen molar-refractivity contribution in [1.29, 1.82) is 0 Å². The Balaban J connectivity index is 2.19. The van der Waals surface area contributed by atoms with Gasteiger partial charge in [0.2, 0.25) is 0 Å². The maximum atomic E-state index is 10.4. The molecule has 0 saturated carbocycles. The van der Waals surface area contributed by atoms with Gasteiger partial charge in [-0.3, -0.25) is 0 Å². The van der Waals surface area contributed by atoms with Gasteiger partial charge in [0.05, 0.1) is 12.3 Å². The van der Waals surface area contributed by atoms with Crippen molar-refractivity contribution in [2.24, 2.45) is 0 Å². The number of hydrogen-bond donors (Lipinski definition) is 4. The first kappa shape index (κ1) is 14.0. The van der Waals surface area contributed by atoms with Crippen molar-refractivity contribution in [2.75, 3.05) is 12.3 Å². The molecule has 5 N–H and O–H groups in total. The molecule has 0 amide bonds. The Morgan fingerprint density at radius 3 is 2.86 bits per heavy atom. The van der Waals surface area contributed by atoms with Crippen LogP contribution < -0.4 is 5.73 Å².